The van der Waals surface area contributed by atoms with Crippen LogP contribution in [0, 0.1) is 0 Å². The van der Waals surface area contributed by atoms with E-state index in [0.29, 0.717) is 6.04 Å². The Hall–Kier alpha value is -0.120. The van der Waals surface area contributed by atoms with Crippen molar-refractivity contribution < 1.29 is 5.11 Å². The fraction of sp³-hybridized carbons (Fsp3) is 1.00. The molecule has 1 atom stereocenters. The smallest absolute Gasteiger partial charge is 0.119 e. The molecule has 0 amide bonds. The van der Waals surface area contributed by atoms with Crippen LogP contribution in [0.5, 0.6) is 0 Å². The lowest BCUT2D eigenvalue weighted by molar-refractivity contribution is -0.0486. The number of nitrogens with zero attached hydrogens (tertiary/aromatic N) is 1. The highest BCUT2D eigenvalue weighted by atomic mass is 16.3. The molecule has 2 N–H and O–H groups in total. The molecule has 0 bridgehead atoms. The lowest BCUT2D eigenvalue weighted by atomic mass is 10.3. The van der Waals surface area contributed by atoms with Crippen molar-refractivity contribution in [3.63, 3.8) is 0 Å². The van der Waals surface area contributed by atoms with Gasteiger partial charge in [0.2, 0.25) is 0 Å². The molecule has 3 heteroatoms. The van der Waals surface area contributed by atoms with Crippen molar-refractivity contribution >= 4 is 0 Å². The van der Waals surface area contributed by atoms with E-state index in [1.54, 1.807) is 0 Å². The standard InChI is InChI=1S/C7H18N2O/c1-5-7(10)9(8-4)6(2)3/h6-8,10H,5H2,1-4H3. The molecule has 10 heavy (non-hydrogen) atoms. The second-order valence-electron chi connectivity index (χ2n) is 2.61. The molecule has 0 aliphatic heterocycles. The Morgan fingerprint density at radius 3 is 2.10 bits per heavy atom. The van der Waals surface area contributed by atoms with Gasteiger partial charge < -0.3 is 5.11 Å². The van der Waals surface area contributed by atoms with Gasteiger partial charge in [0.15, 0.2) is 0 Å². The maximum atomic E-state index is 9.35. The molecule has 0 radical (unpaired) electrons. The zero-order valence-electron chi connectivity index (χ0n) is 7.26. The highest BCUT2D eigenvalue weighted by Gasteiger charge is 2.13. The van der Waals surface area contributed by atoms with Crippen molar-refractivity contribution in [3.05, 3.63) is 0 Å². The molecule has 0 aromatic carbocycles. The Kier molecular flexibility index (Phi) is 4.60. The molecular formula is C7H18N2O. The van der Waals surface area contributed by atoms with E-state index in [9.17, 15) is 5.11 Å². The number of nitrogens with one attached hydrogen (secondary N) is 1. The fourth-order valence-corrected chi connectivity index (χ4v) is 0.948. The summed E-state index contributed by atoms with van der Waals surface area (Å²) in [7, 11) is 1.82. The summed E-state index contributed by atoms with van der Waals surface area (Å²) in [6, 6.07) is 0.333. The first-order chi connectivity index (χ1) is 4.63. The van der Waals surface area contributed by atoms with Gasteiger partial charge in [0.1, 0.15) is 6.23 Å². The average Bonchev–Trinajstić information content (AvgIpc) is 1.88. The predicted octanol–water partition coefficient (Wildman–Crippen LogP) is 0.560. The molecule has 62 valence electrons. The largest absolute Gasteiger partial charge is 0.377 e. The third-order valence-electron chi connectivity index (χ3n) is 1.50. The molecule has 0 aromatic rings. The Morgan fingerprint density at radius 1 is 1.50 bits per heavy atom. The summed E-state index contributed by atoms with van der Waals surface area (Å²) in [5.41, 5.74) is 2.94. The molecule has 0 fully saturated rings. The summed E-state index contributed by atoms with van der Waals surface area (Å²) in [6.07, 6.45) is 0.379. The van der Waals surface area contributed by atoms with E-state index in [-0.39, 0.29) is 6.23 Å². The van der Waals surface area contributed by atoms with Crippen LogP contribution in [-0.2, 0) is 0 Å². The van der Waals surface area contributed by atoms with E-state index in [4.69, 9.17) is 0 Å². The van der Waals surface area contributed by atoms with Crippen molar-refractivity contribution in [1.29, 1.82) is 0 Å². The number of hydrogen-bond donors (Lipinski definition) is 2. The monoisotopic (exact) mass is 146 g/mol. The van der Waals surface area contributed by atoms with Crippen LogP contribution >= 0.6 is 0 Å². The van der Waals surface area contributed by atoms with Gasteiger partial charge >= 0.3 is 0 Å². The predicted molar refractivity (Wildman–Crippen MR) is 42.3 cm³/mol. The second-order valence-corrected chi connectivity index (χ2v) is 2.61. The van der Waals surface area contributed by atoms with Gasteiger partial charge in [-0.15, -0.1) is 0 Å². The van der Waals surface area contributed by atoms with E-state index >= 15 is 0 Å². The third kappa shape index (κ3) is 2.64. The van der Waals surface area contributed by atoms with E-state index in [1.165, 1.54) is 0 Å². The lowest BCUT2D eigenvalue weighted by Crippen LogP contribution is -2.47. The molecule has 0 heterocycles. The molecule has 0 aromatic heterocycles. The van der Waals surface area contributed by atoms with Gasteiger partial charge in [-0.2, -0.15) is 0 Å². The van der Waals surface area contributed by atoms with E-state index < -0.39 is 0 Å². The molecule has 0 rings (SSSR count). The highest BCUT2D eigenvalue weighted by Crippen LogP contribution is 2.01. The third-order valence-corrected chi connectivity index (χ3v) is 1.50. The zero-order valence-corrected chi connectivity index (χ0v) is 7.26. The first-order valence-electron chi connectivity index (χ1n) is 3.77. The SMILES string of the molecule is CCC(O)N(NC)C(C)C. The molecule has 0 saturated heterocycles. The quantitative estimate of drug-likeness (QED) is 0.449. The summed E-state index contributed by atoms with van der Waals surface area (Å²) in [5, 5.41) is 11.2. The van der Waals surface area contributed by atoms with Crippen LogP contribution in [-0.4, -0.2) is 29.4 Å². The minimum Gasteiger partial charge on any atom is -0.377 e. The van der Waals surface area contributed by atoms with Crippen LogP contribution in [0.2, 0.25) is 0 Å². The summed E-state index contributed by atoms with van der Waals surface area (Å²) >= 11 is 0. The van der Waals surface area contributed by atoms with Gasteiger partial charge in [0.25, 0.3) is 0 Å². The van der Waals surface area contributed by atoms with Crippen LogP contribution in [0.4, 0.5) is 0 Å². The van der Waals surface area contributed by atoms with E-state index in [2.05, 4.69) is 5.43 Å². The van der Waals surface area contributed by atoms with Gasteiger partial charge in [0, 0.05) is 6.04 Å². The van der Waals surface area contributed by atoms with Crippen molar-refractivity contribution in [2.75, 3.05) is 7.05 Å². The Bertz CT molecular complexity index is 85.7. The van der Waals surface area contributed by atoms with E-state index in [0.717, 1.165) is 6.42 Å². The minimum atomic E-state index is -0.370. The molecule has 0 aliphatic rings. The number of hydrazine groups is 1. The van der Waals surface area contributed by atoms with Crippen molar-refractivity contribution in [1.82, 2.24) is 10.4 Å². The molecule has 0 spiro atoms. The van der Waals surface area contributed by atoms with Crippen LogP contribution in [0.3, 0.4) is 0 Å². The molecule has 0 saturated carbocycles. The molecule has 1 unspecified atom stereocenters. The van der Waals surface area contributed by atoms with Gasteiger partial charge in [-0.1, -0.05) is 6.92 Å². The van der Waals surface area contributed by atoms with Crippen LogP contribution in [0.1, 0.15) is 27.2 Å². The number of rotatable bonds is 4. The van der Waals surface area contributed by atoms with Crippen molar-refractivity contribution in [3.8, 4) is 0 Å². The van der Waals surface area contributed by atoms with Crippen molar-refractivity contribution in [2.24, 2.45) is 0 Å². The molecule has 3 nitrogen and oxygen atoms in total. The molecular weight excluding hydrogens is 128 g/mol. The van der Waals surface area contributed by atoms with Crippen LogP contribution < -0.4 is 5.43 Å². The second kappa shape index (κ2) is 4.66. The lowest BCUT2D eigenvalue weighted by Gasteiger charge is -2.29. The Labute approximate surface area is 63.0 Å². The summed E-state index contributed by atoms with van der Waals surface area (Å²) < 4.78 is 0. The average molecular weight is 146 g/mol. The number of aliphatic hydroxyl groups is 1. The first kappa shape index (κ1) is 9.88. The van der Waals surface area contributed by atoms with Gasteiger partial charge in [0.05, 0.1) is 0 Å². The number of aliphatic hydroxyl groups excluding tert-OH is 1. The van der Waals surface area contributed by atoms with Crippen molar-refractivity contribution in [2.45, 2.75) is 39.5 Å². The van der Waals surface area contributed by atoms with Gasteiger partial charge in [-0.3, -0.25) is 5.43 Å². The maximum absolute atomic E-state index is 9.35. The van der Waals surface area contributed by atoms with E-state index in [1.807, 2.05) is 32.8 Å². The maximum Gasteiger partial charge on any atom is 0.119 e. The normalized spacial score (nSPS) is 14.7. The molecule has 0 aliphatic carbocycles. The van der Waals surface area contributed by atoms with Gasteiger partial charge in [-0.25, -0.2) is 5.01 Å². The summed E-state index contributed by atoms with van der Waals surface area (Å²) in [4.78, 5) is 0. The van der Waals surface area contributed by atoms with Crippen LogP contribution in [0.25, 0.3) is 0 Å². The topological polar surface area (TPSA) is 35.5 Å². The summed E-state index contributed by atoms with van der Waals surface area (Å²) in [6.45, 7) is 6.03. The zero-order chi connectivity index (χ0) is 8.15. The van der Waals surface area contributed by atoms with Crippen LogP contribution in [0.15, 0.2) is 0 Å². The first-order valence-corrected chi connectivity index (χ1v) is 3.77. The highest BCUT2D eigenvalue weighted by molar-refractivity contribution is 4.58. The van der Waals surface area contributed by atoms with Gasteiger partial charge in [-0.05, 0) is 27.3 Å². The Balaban J connectivity index is 3.80. The Morgan fingerprint density at radius 2 is 2.00 bits per heavy atom. The summed E-state index contributed by atoms with van der Waals surface area (Å²) in [5.74, 6) is 0. The fourth-order valence-electron chi connectivity index (χ4n) is 0.948. The number of hydrogen-bond acceptors (Lipinski definition) is 3. The minimum absolute atomic E-state index is 0.333.